The fourth-order valence-electron chi connectivity index (χ4n) is 0.871. The molecule has 1 saturated heterocycles. The molecular formula is C6H8N2O4. The Morgan fingerprint density at radius 3 is 2.67 bits per heavy atom. The van der Waals surface area contributed by atoms with E-state index in [1.54, 1.807) is 0 Å². The molecule has 6 heteroatoms. The Hall–Kier alpha value is -1.59. The fraction of sp³-hybridized carbons (Fsp3) is 0.500. The second-order valence-corrected chi connectivity index (χ2v) is 2.50. The Morgan fingerprint density at radius 2 is 2.25 bits per heavy atom. The largest absolute Gasteiger partial charge is 0.480 e. The maximum absolute atomic E-state index is 10.9. The number of nitrogens with zero attached hydrogens (tertiary/aromatic N) is 1. The monoisotopic (exact) mass is 172 g/mol. The minimum atomic E-state index is -1.19. The van der Waals surface area contributed by atoms with E-state index in [-0.39, 0.29) is 6.42 Å². The van der Waals surface area contributed by atoms with Gasteiger partial charge in [-0.25, -0.2) is 9.59 Å². The van der Waals surface area contributed by atoms with E-state index in [2.05, 4.69) is 5.32 Å². The average molecular weight is 172 g/mol. The zero-order valence-corrected chi connectivity index (χ0v) is 6.40. The van der Waals surface area contributed by atoms with Crippen molar-refractivity contribution in [1.82, 2.24) is 10.2 Å². The Morgan fingerprint density at radius 1 is 1.67 bits per heavy atom. The van der Waals surface area contributed by atoms with Crippen LogP contribution >= 0.6 is 0 Å². The highest BCUT2D eigenvalue weighted by atomic mass is 16.4. The van der Waals surface area contributed by atoms with Gasteiger partial charge in [0.1, 0.15) is 6.04 Å². The first-order chi connectivity index (χ1) is 5.52. The summed E-state index contributed by atoms with van der Waals surface area (Å²) < 4.78 is 0. The molecule has 12 heavy (non-hydrogen) atoms. The van der Waals surface area contributed by atoms with Gasteiger partial charge in [0.05, 0.1) is 6.42 Å². The number of amides is 3. The van der Waals surface area contributed by atoms with Gasteiger partial charge in [0.15, 0.2) is 0 Å². The number of carboxylic acids is 1. The number of hydrogen-bond donors (Lipinski definition) is 2. The number of nitrogens with one attached hydrogen (secondary N) is 1. The maximum atomic E-state index is 10.9. The number of hydrogen-bond acceptors (Lipinski definition) is 3. The zero-order chi connectivity index (χ0) is 9.30. The standard InChI is InChI=1S/C6H8N2O4/c1-8-4(9)2-3(5(10)11)7-6(8)12/h3H,2H2,1H3,(H,7,12)(H,10,11)/t3-/m0/s1. The van der Waals surface area contributed by atoms with Crippen LogP contribution in [0, 0.1) is 0 Å². The van der Waals surface area contributed by atoms with Gasteiger partial charge in [-0.3, -0.25) is 9.69 Å². The number of urea groups is 1. The lowest BCUT2D eigenvalue weighted by atomic mass is 10.1. The number of carboxylic acid groups (broad SMARTS) is 1. The Bertz CT molecular complexity index is 232. The highest BCUT2D eigenvalue weighted by molar-refractivity contribution is 6.00. The molecule has 1 fully saturated rings. The molecule has 3 amide bonds. The smallest absolute Gasteiger partial charge is 0.326 e. The van der Waals surface area contributed by atoms with Crippen molar-refractivity contribution in [2.45, 2.75) is 12.5 Å². The molecule has 0 aliphatic carbocycles. The topological polar surface area (TPSA) is 86.7 Å². The van der Waals surface area contributed by atoms with Crippen LogP contribution in [0.4, 0.5) is 4.79 Å². The van der Waals surface area contributed by atoms with Crippen LogP contribution < -0.4 is 5.32 Å². The van der Waals surface area contributed by atoms with E-state index in [9.17, 15) is 14.4 Å². The molecule has 2 N–H and O–H groups in total. The van der Waals surface area contributed by atoms with Gasteiger partial charge in [-0.15, -0.1) is 0 Å². The quantitative estimate of drug-likeness (QED) is 0.531. The Labute approximate surface area is 68.1 Å². The normalized spacial score (nSPS) is 23.8. The summed E-state index contributed by atoms with van der Waals surface area (Å²) in [6.45, 7) is 0. The Balaban J connectivity index is 2.72. The van der Waals surface area contributed by atoms with Crippen molar-refractivity contribution in [2.75, 3.05) is 7.05 Å². The minimum Gasteiger partial charge on any atom is -0.480 e. The van der Waals surface area contributed by atoms with Crippen molar-refractivity contribution in [3.8, 4) is 0 Å². The molecule has 1 atom stereocenters. The highest BCUT2D eigenvalue weighted by Gasteiger charge is 2.32. The molecule has 1 aliphatic rings. The summed E-state index contributed by atoms with van der Waals surface area (Å²) in [5.41, 5.74) is 0. The third-order valence-corrected chi connectivity index (χ3v) is 1.65. The van der Waals surface area contributed by atoms with Crippen molar-refractivity contribution in [3.05, 3.63) is 0 Å². The predicted molar refractivity (Wildman–Crippen MR) is 37.3 cm³/mol. The van der Waals surface area contributed by atoms with Crippen molar-refractivity contribution in [2.24, 2.45) is 0 Å². The number of rotatable bonds is 1. The average Bonchev–Trinajstić information content (AvgIpc) is 1.99. The van der Waals surface area contributed by atoms with Gasteiger partial charge in [0, 0.05) is 7.05 Å². The highest BCUT2D eigenvalue weighted by Crippen LogP contribution is 2.04. The molecule has 0 spiro atoms. The molecule has 0 radical (unpaired) electrons. The van der Waals surface area contributed by atoms with Crippen LogP contribution in [0.2, 0.25) is 0 Å². The van der Waals surface area contributed by atoms with E-state index in [0.717, 1.165) is 4.90 Å². The van der Waals surface area contributed by atoms with Crippen molar-refractivity contribution >= 4 is 17.9 Å². The molecule has 0 saturated carbocycles. The van der Waals surface area contributed by atoms with Crippen LogP contribution in [0.1, 0.15) is 6.42 Å². The Kier molecular flexibility index (Phi) is 1.99. The lowest BCUT2D eigenvalue weighted by Crippen LogP contribution is -2.55. The summed E-state index contributed by atoms with van der Waals surface area (Å²) in [5, 5.41) is 10.6. The molecule has 1 aliphatic heterocycles. The lowest BCUT2D eigenvalue weighted by Gasteiger charge is -2.25. The van der Waals surface area contributed by atoms with Gasteiger partial charge in [0.25, 0.3) is 0 Å². The zero-order valence-electron chi connectivity index (χ0n) is 6.40. The first kappa shape index (κ1) is 8.51. The number of imide groups is 1. The maximum Gasteiger partial charge on any atom is 0.326 e. The number of aliphatic carboxylic acids is 1. The SMILES string of the molecule is CN1C(=O)C[C@@H](C(=O)O)NC1=O. The summed E-state index contributed by atoms with van der Waals surface area (Å²) in [7, 11) is 1.30. The van der Waals surface area contributed by atoms with Gasteiger partial charge in [-0.2, -0.15) is 0 Å². The molecule has 66 valence electrons. The van der Waals surface area contributed by atoms with Gasteiger partial charge >= 0.3 is 12.0 Å². The molecule has 0 bridgehead atoms. The molecule has 0 aromatic heterocycles. The molecule has 1 heterocycles. The summed E-state index contributed by atoms with van der Waals surface area (Å²) >= 11 is 0. The summed E-state index contributed by atoms with van der Waals surface area (Å²) in [6, 6.07) is -1.75. The molecule has 0 aromatic rings. The first-order valence-corrected chi connectivity index (χ1v) is 3.32. The van der Waals surface area contributed by atoms with Crippen LogP contribution in [0.15, 0.2) is 0 Å². The van der Waals surface area contributed by atoms with E-state index in [1.807, 2.05) is 0 Å². The second kappa shape index (κ2) is 2.80. The van der Waals surface area contributed by atoms with Crippen LogP contribution in [0.3, 0.4) is 0 Å². The first-order valence-electron chi connectivity index (χ1n) is 3.32. The van der Waals surface area contributed by atoms with E-state index < -0.39 is 23.9 Å². The molecule has 0 aromatic carbocycles. The van der Waals surface area contributed by atoms with Crippen LogP contribution in [-0.2, 0) is 9.59 Å². The molecule has 1 rings (SSSR count). The van der Waals surface area contributed by atoms with Crippen LogP contribution in [0.5, 0.6) is 0 Å². The summed E-state index contributed by atoms with van der Waals surface area (Å²) in [4.78, 5) is 33.0. The van der Waals surface area contributed by atoms with Gasteiger partial charge in [0.2, 0.25) is 5.91 Å². The summed E-state index contributed by atoms with van der Waals surface area (Å²) in [6.07, 6.45) is -0.183. The van der Waals surface area contributed by atoms with E-state index in [0.29, 0.717) is 0 Å². The van der Waals surface area contributed by atoms with E-state index in [4.69, 9.17) is 5.11 Å². The molecular weight excluding hydrogens is 164 g/mol. The van der Waals surface area contributed by atoms with E-state index >= 15 is 0 Å². The molecule has 0 unspecified atom stereocenters. The van der Waals surface area contributed by atoms with Crippen molar-refractivity contribution in [1.29, 1.82) is 0 Å². The van der Waals surface area contributed by atoms with E-state index in [1.165, 1.54) is 7.05 Å². The minimum absolute atomic E-state index is 0.183. The summed E-state index contributed by atoms with van der Waals surface area (Å²) in [5.74, 6) is -1.67. The lowest BCUT2D eigenvalue weighted by molar-refractivity contribution is -0.143. The van der Waals surface area contributed by atoms with Gasteiger partial charge < -0.3 is 10.4 Å². The number of carbonyl (C=O) groups excluding carboxylic acids is 2. The predicted octanol–water partition coefficient (Wildman–Crippen LogP) is -0.989. The van der Waals surface area contributed by atoms with Crippen molar-refractivity contribution < 1.29 is 19.5 Å². The van der Waals surface area contributed by atoms with Gasteiger partial charge in [-0.1, -0.05) is 0 Å². The third kappa shape index (κ3) is 1.36. The van der Waals surface area contributed by atoms with Crippen molar-refractivity contribution in [3.63, 3.8) is 0 Å². The second-order valence-electron chi connectivity index (χ2n) is 2.50. The van der Waals surface area contributed by atoms with Gasteiger partial charge in [-0.05, 0) is 0 Å². The van der Waals surface area contributed by atoms with Crippen LogP contribution in [-0.4, -0.2) is 41.0 Å². The number of carbonyl (C=O) groups is 3. The van der Waals surface area contributed by atoms with Crippen LogP contribution in [0.25, 0.3) is 0 Å². The third-order valence-electron chi connectivity index (χ3n) is 1.65. The molecule has 6 nitrogen and oxygen atoms in total. The fourth-order valence-corrected chi connectivity index (χ4v) is 0.871.